The minimum Gasteiger partial charge on any atom is -0.469 e. The summed E-state index contributed by atoms with van der Waals surface area (Å²) in [5.41, 5.74) is 0. The molecule has 0 aliphatic carbocycles. The molecule has 0 aliphatic heterocycles. The first-order valence-electron chi connectivity index (χ1n) is 6.39. The molecule has 0 saturated carbocycles. The monoisotopic (exact) mass is 229 g/mol. The number of carbonyl (C=O) groups is 1. The predicted molar refractivity (Wildman–Crippen MR) is 67.4 cm³/mol. The third-order valence-electron chi connectivity index (χ3n) is 3.25. The van der Waals surface area contributed by atoms with Gasteiger partial charge in [0.1, 0.15) is 0 Å². The molecule has 96 valence electrons. The second-order valence-electron chi connectivity index (χ2n) is 4.46. The molecule has 0 aromatic heterocycles. The first kappa shape index (κ1) is 15.4. The molecule has 0 heterocycles. The first-order valence-corrected chi connectivity index (χ1v) is 6.39. The number of carbonyl (C=O) groups excluding carboxylic acids is 1. The van der Waals surface area contributed by atoms with Gasteiger partial charge in [-0.1, -0.05) is 40.5 Å². The van der Waals surface area contributed by atoms with Gasteiger partial charge in [0.15, 0.2) is 0 Å². The molecule has 3 heteroatoms. The minimum absolute atomic E-state index is 0.0284. The molecule has 0 saturated heterocycles. The number of nitrogens with zero attached hydrogens (tertiary/aromatic N) is 1. The minimum atomic E-state index is -0.108. The fourth-order valence-electron chi connectivity index (χ4n) is 1.91. The van der Waals surface area contributed by atoms with Crippen LogP contribution in [0.4, 0.5) is 0 Å². The van der Waals surface area contributed by atoms with Crippen LogP contribution < -0.4 is 0 Å². The molecule has 1 unspecified atom stereocenters. The van der Waals surface area contributed by atoms with Crippen molar-refractivity contribution in [1.82, 2.24) is 4.90 Å². The Labute approximate surface area is 100 Å². The van der Waals surface area contributed by atoms with Crippen molar-refractivity contribution in [2.45, 2.75) is 40.5 Å². The number of esters is 1. The second-order valence-corrected chi connectivity index (χ2v) is 4.46. The lowest BCUT2D eigenvalue weighted by Gasteiger charge is -2.27. The maximum Gasteiger partial charge on any atom is 0.309 e. The number of ether oxygens (including phenoxy) is 1. The molecule has 0 N–H and O–H groups in total. The third kappa shape index (κ3) is 5.50. The average Bonchev–Trinajstić information content (AvgIpc) is 2.32. The van der Waals surface area contributed by atoms with Gasteiger partial charge in [-0.05, 0) is 12.5 Å². The average molecular weight is 229 g/mol. The summed E-state index contributed by atoms with van der Waals surface area (Å²) in [6, 6.07) is 0. The van der Waals surface area contributed by atoms with Crippen LogP contribution in [-0.4, -0.2) is 37.6 Å². The molecule has 0 amide bonds. The van der Waals surface area contributed by atoms with E-state index in [1.165, 1.54) is 20.0 Å². The fourth-order valence-corrected chi connectivity index (χ4v) is 1.91. The van der Waals surface area contributed by atoms with Crippen molar-refractivity contribution in [2.24, 2.45) is 11.8 Å². The van der Waals surface area contributed by atoms with E-state index in [0.717, 1.165) is 25.6 Å². The molecule has 0 fully saturated rings. The van der Waals surface area contributed by atoms with Crippen molar-refractivity contribution in [3.8, 4) is 0 Å². The highest BCUT2D eigenvalue weighted by Crippen LogP contribution is 2.11. The van der Waals surface area contributed by atoms with Gasteiger partial charge in [-0.2, -0.15) is 0 Å². The molecule has 0 bridgehead atoms. The molecule has 0 spiro atoms. The maximum atomic E-state index is 11.3. The third-order valence-corrected chi connectivity index (χ3v) is 3.25. The quantitative estimate of drug-likeness (QED) is 0.599. The van der Waals surface area contributed by atoms with Crippen LogP contribution >= 0.6 is 0 Å². The Morgan fingerprint density at radius 2 is 1.75 bits per heavy atom. The molecule has 0 rings (SSSR count). The highest BCUT2D eigenvalue weighted by molar-refractivity contribution is 5.72. The van der Waals surface area contributed by atoms with E-state index >= 15 is 0 Å². The maximum absolute atomic E-state index is 11.3. The van der Waals surface area contributed by atoms with E-state index in [-0.39, 0.29) is 11.9 Å². The van der Waals surface area contributed by atoms with Crippen molar-refractivity contribution in [2.75, 3.05) is 26.7 Å². The second kappa shape index (κ2) is 8.57. The van der Waals surface area contributed by atoms with Gasteiger partial charge in [-0.3, -0.25) is 4.79 Å². The fraction of sp³-hybridized carbons (Fsp3) is 0.923. The Bertz CT molecular complexity index is 190. The molecule has 0 aromatic rings. The summed E-state index contributed by atoms with van der Waals surface area (Å²) in [6.07, 6.45) is 2.42. The van der Waals surface area contributed by atoms with E-state index in [2.05, 4.69) is 25.7 Å². The van der Waals surface area contributed by atoms with Gasteiger partial charge >= 0.3 is 5.97 Å². The molecule has 0 aromatic carbocycles. The number of hydrogen-bond donors (Lipinski definition) is 0. The zero-order chi connectivity index (χ0) is 12.6. The van der Waals surface area contributed by atoms with E-state index in [4.69, 9.17) is 4.74 Å². The van der Waals surface area contributed by atoms with Crippen LogP contribution in [0.15, 0.2) is 0 Å². The van der Waals surface area contributed by atoms with Gasteiger partial charge in [-0.25, -0.2) is 0 Å². The first-order chi connectivity index (χ1) is 7.58. The van der Waals surface area contributed by atoms with E-state index in [1.54, 1.807) is 0 Å². The topological polar surface area (TPSA) is 29.5 Å². The van der Waals surface area contributed by atoms with Crippen LogP contribution in [0, 0.1) is 11.8 Å². The summed E-state index contributed by atoms with van der Waals surface area (Å²) in [5.74, 6) is 0.604. The van der Waals surface area contributed by atoms with Crippen molar-refractivity contribution >= 4 is 5.97 Å². The summed E-state index contributed by atoms with van der Waals surface area (Å²) < 4.78 is 4.75. The van der Waals surface area contributed by atoms with Crippen LogP contribution in [0.3, 0.4) is 0 Å². The Balaban J connectivity index is 4.13. The van der Waals surface area contributed by atoms with E-state index in [0.29, 0.717) is 0 Å². The number of hydrogen-bond acceptors (Lipinski definition) is 3. The highest BCUT2D eigenvalue weighted by Gasteiger charge is 2.18. The summed E-state index contributed by atoms with van der Waals surface area (Å²) in [4.78, 5) is 13.7. The molecule has 3 nitrogen and oxygen atoms in total. The summed E-state index contributed by atoms with van der Waals surface area (Å²) in [7, 11) is 1.45. The van der Waals surface area contributed by atoms with Crippen molar-refractivity contribution < 1.29 is 9.53 Å². The van der Waals surface area contributed by atoms with Crippen LogP contribution in [-0.2, 0) is 9.53 Å². The summed E-state index contributed by atoms with van der Waals surface area (Å²) in [5, 5.41) is 0. The highest BCUT2D eigenvalue weighted by atomic mass is 16.5. The van der Waals surface area contributed by atoms with Crippen LogP contribution in [0.25, 0.3) is 0 Å². The van der Waals surface area contributed by atoms with Gasteiger partial charge in [0, 0.05) is 13.1 Å². The van der Waals surface area contributed by atoms with Gasteiger partial charge in [0.25, 0.3) is 0 Å². The SMILES string of the molecule is CCC(CC)CN(CC)CC(C)C(=O)OC. The predicted octanol–water partition coefficient (Wildman–Crippen LogP) is 2.55. The largest absolute Gasteiger partial charge is 0.469 e. The van der Waals surface area contributed by atoms with Crippen molar-refractivity contribution in [3.63, 3.8) is 0 Å². The smallest absolute Gasteiger partial charge is 0.309 e. The lowest BCUT2D eigenvalue weighted by atomic mass is 10.0. The van der Waals surface area contributed by atoms with Gasteiger partial charge < -0.3 is 9.64 Å². The lowest BCUT2D eigenvalue weighted by Crippen LogP contribution is -2.35. The Kier molecular flexibility index (Phi) is 8.26. The zero-order valence-electron chi connectivity index (χ0n) is 11.5. The summed E-state index contributed by atoms with van der Waals surface area (Å²) >= 11 is 0. The number of methoxy groups -OCH3 is 1. The molecule has 1 atom stereocenters. The van der Waals surface area contributed by atoms with Crippen LogP contribution in [0.1, 0.15) is 40.5 Å². The number of rotatable bonds is 8. The normalized spacial score (nSPS) is 13.2. The molecule has 0 aliphatic rings. The standard InChI is InChI=1S/C13H27NO2/c1-6-12(7-2)10-14(8-3)9-11(4)13(15)16-5/h11-12H,6-10H2,1-5H3. The van der Waals surface area contributed by atoms with Crippen LogP contribution in [0.2, 0.25) is 0 Å². The molecule has 0 radical (unpaired) electrons. The van der Waals surface area contributed by atoms with Gasteiger partial charge in [0.05, 0.1) is 13.0 Å². The summed E-state index contributed by atoms with van der Waals surface area (Å²) in [6.45, 7) is 11.4. The van der Waals surface area contributed by atoms with E-state index in [9.17, 15) is 4.79 Å². The Morgan fingerprint density at radius 1 is 1.19 bits per heavy atom. The van der Waals surface area contributed by atoms with Crippen molar-refractivity contribution in [1.29, 1.82) is 0 Å². The zero-order valence-corrected chi connectivity index (χ0v) is 11.5. The van der Waals surface area contributed by atoms with Gasteiger partial charge in [0.2, 0.25) is 0 Å². The lowest BCUT2D eigenvalue weighted by molar-refractivity contribution is -0.145. The van der Waals surface area contributed by atoms with Gasteiger partial charge in [-0.15, -0.1) is 0 Å². The Hall–Kier alpha value is -0.570. The molecular weight excluding hydrogens is 202 g/mol. The van der Waals surface area contributed by atoms with Crippen molar-refractivity contribution in [3.05, 3.63) is 0 Å². The molecular formula is C13H27NO2. The van der Waals surface area contributed by atoms with Crippen LogP contribution in [0.5, 0.6) is 0 Å². The Morgan fingerprint density at radius 3 is 2.12 bits per heavy atom. The van der Waals surface area contributed by atoms with E-state index < -0.39 is 0 Å². The van der Waals surface area contributed by atoms with E-state index in [1.807, 2.05) is 6.92 Å². The molecule has 16 heavy (non-hydrogen) atoms.